The summed E-state index contributed by atoms with van der Waals surface area (Å²) in [5.41, 5.74) is 2.60. The number of halogens is 4. The van der Waals surface area contributed by atoms with Gasteiger partial charge in [-0.3, -0.25) is 4.79 Å². The van der Waals surface area contributed by atoms with Gasteiger partial charge in [-0.2, -0.15) is 13.2 Å². The molecule has 2 aromatic carbocycles. The minimum absolute atomic E-state index is 0.171. The van der Waals surface area contributed by atoms with E-state index >= 15 is 0 Å². The molecule has 0 amide bonds. The number of allylic oxidation sites excluding steroid dienone is 2. The molecule has 1 aliphatic carbocycles. The van der Waals surface area contributed by atoms with Crippen LogP contribution in [0.25, 0.3) is 5.57 Å². The second-order valence-electron chi connectivity index (χ2n) is 8.18. The van der Waals surface area contributed by atoms with Gasteiger partial charge in [-0.25, -0.2) is 0 Å². The largest absolute Gasteiger partial charge is 0.416 e. The van der Waals surface area contributed by atoms with Crippen molar-refractivity contribution in [3.05, 3.63) is 88.0 Å². The van der Waals surface area contributed by atoms with E-state index in [1.54, 1.807) is 18.2 Å². The summed E-state index contributed by atoms with van der Waals surface area (Å²) in [6, 6.07) is 9.30. The highest BCUT2D eigenvalue weighted by Crippen LogP contribution is 2.36. The summed E-state index contributed by atoms with van der Waals surface area (Å²) in [6.45, 7) is 6.58. The van der Waals surface area contributed by atoms with Crippen molar-refractivity contribution in [3.63, 3.8) is 0 Å². The smallest absolute Gasteiger partial charge is 0.314 e. The van der Waals surface area contributed by atoms with Gasteiger partial charge in [0.25, 0.3) is 0 Å². The van der Waals surface area contributed by atoms with E-state index in [0.29, 0.717) is 46.2 Å². The van der Waals surface area contributed by atoms with E-state index in [1.165, 1.54) is 18.2 Å². The third kappa shape index (κ3) is 5.90. The van der Waals surface area contributed by atoms with Gasteiger partial charge in [0.05, 0.1) is 5.56 Å². The number of nitrogens with one attached hydrogen (secondary N) is 1. The first kappa shape index (κ1) is 24.3. The first-order valence-electron chi connectivity index (χ1n) is 10.8. The Kier molecular flexibility index (Phi) is 7.96. The molecular formula is C26H27ClF3NO. The average molecular weight is 462 g/mol. The van der Waals surface area contributed by atoms with Gasteiger partial charge >= 0.3 is 6.18 Å². The second-order valence-corrected chi connectivity index (χ2v) is 8.59. The van der Waals surface area contributed by atoms with Crippen LogP contribution in [0, 0.1) is 0 Å². The van der Waals surface area contributed by atoms with E-state index < -0.39 is 11.7 Å². The number of carbonyl (C=O) groups is 1. The Morgan fingerprint density at radius 1 is 1.19 bits per heavy atom. The number of unbranched alkanes of at least 4 members (excludes halogenated alkanes) is 1. The van der Waals surface area contributed by atoms with Crippen LogP contribution in [0.15, 0.2) is 55.1 Å². The van der Waals surface area contributed by atoms with Crippen LogP contribution >= 0.6 is 11.6 Å². The lowest BCUT2D eigenvalue weighted by Gasteiger charge is -2.21. The molecule has 2 aromatic rings. The minimum atomic E-state index is -4.42. The summed E-state index contributed by atoms with van der Waals surface area (Å²) >= 11 is 6.31. The van der Waals surface area contributed by atoms with Crippen molar-refractivity contribution in [1.29, 1.82) is 0 Å². The number of benzene rings is 2. The standard InChI is InChI=1S/C26H27ClF3NO/c1-3-7-17(2)31-13-5-4-8-18-14-20(26(28,29)30)11-12-21(18)19-15-23-22(25(32)16-19)9-6-10-24(23)27/h3,6,9-12,14,16-17,31H,1,4-5,7-8,13,15H2,2H3. The Bertz CT molecular complexity index is 1030. The quantitative estimate of drug-likeness (QED) is 0.320. The van der Waals surface area contributed by atoms with E-state index in [0.717, 1.165) is 37.4 Å². The van der Waals surface area contributed by atoms with Crippen LogP contribution in [0.1, 0.15) is 58.8 Å². The molecule has 0 radical (unpaired) electrons. The Labute approximate surface area is 192 Å². The summed E-state index contributed by atoms with van der Waals surface area (Å²) < 4.78 is 40.1. The first-order valence-corrected chi connectivity index (χ1v) is 11.2. The fraction of sp³-hybridized carbons (Fsp3) is 0.346. The Balaban J connectivity index is 1.82. The highest BCUT2D eigenvalue weighted by molar-refractivity contribution is 6.32. The molecule has 0 saturated carbocycles. The lowest BCUT2D eigenvalue weighted by atomic mass is 9.84. The highest BCUT2D eigenvalue weighted by Gasteiger charge is 2.31. The number of carbonyl (C=O) groups excluding carboxylic acids is 1. The molecule has 1 unspecified atom stereocenters. The maximum Gasteiger partial charge on any atom is 0.416 e. The van der Waals surface area contributed by atoms with Crippen molar-refractivity contribution in [2.75, 3.05) is 6.54 Å². The van der Waals surface area contributed by atoms with Gasteiger partial charge in [0.2, 0.25) is 0 Å². The topological polar surface area (TPSA) is 29.1 Å². The van der Waals surface area contributed by atoms with Crippen LogP contribution in [0.4, 0.5) is 13.2 Å². The molecule has 0 heterocycles. The zero-order valence-corrected chi connectivity index (χ0v) is 18.8. The van der Waals surface area contributed by atoms with Crippen molar-refractivity contribution in [2.24, 2.45) is 0 Å². The first-order chi connectivity index (χ1) is 15.2. The van der Waals surface area contributed by atoms with Crippen LogP contribution in [-0.4, -0.2) is 18.4 Å². The molecule has 0 aliphatic heterocycles. The number of hydrogen-bond acceptors (Lipinski definition) is 2. The summed E-state index contributed by atoms with van der Waals surface area (Å²) in [5, 5.41) is 3.88. The van der Waals surface area contributed by atoms with Gasteiger partial charge in [0, 0.05) is 23.0 Å². The van der Waals surface area contributed by atoms with Crippen LogP contribution in [0.2, 0.25) is 5.02 Å². The Morgan fingerprint density at radius 2 is 1.97 bits per heavy atom. The Hall–Kier alpha value is -2.37. The predicted octanol–water partition coefficient (Wildman–Crippen LogP) is 7.06. The molecule has 6 heteroatoms. The molecule has 32 heavy (non-hydrogen) atoms. The molecule has 1 aliphatic rings. The van der Waals surface area contributed by atoms with Gasteiger partial charge in [0.1, 0.15) is 0 Å². The van der Waals surface area contributed by atoms with E-state index in [9.17, 15) is 18.0 Å². The number of fused-ring (bicyclic) bond motifs is 1. The monoisotopic (exact) mass is 461 g/mol. The van der Waals surface area contributed by atoms with Crippen molar-refractivity contribution in [3.8, 4) is 0 Å². The number of ketones is 1. The van der Waals surface area contributed by atoms with Gasteiger partial charge in [0.15, 0.2) is 5.78 Å². The zero-order chi connectivity index (χ0) is 23.3. The molecule has 2 nitrogen and oxygen atoms in total. The Morgan fingerprint density at radius 3 is 2.69 bits per heavy atom. The molecule has 170 valence electrons. The lowest BCUT2D eigenvalue weighted by molar-refractivity contribution is -0.137. The van der Waals surface area contributed by atoms with Gasteiger partial charge in [-0.05, 0) is 85.7 Å². The van der Waals surface area contributed by atoms with E-state index in [-0.39, 0.29) is 5.78 Å². The minimum Gasteiger partial charge on any atom is -0.314 e. The molecular weight excluding hydrogens is 435 g/mol. The van der Waals surface area contributed by atoms with Crippen LogP contribution in [0.5, 0.6) is 0 Å². The van der Waals surface area contributed by atoms with Crippen molar-refractivity contribution < 1.29 is 18.0 Å². The van der Waals surface area contributed by atoms with Gasteiger partial charge < -0.3 is 5.32 Å². The maximum absolute atomic E-state index is 13.4. The SMILES string of the molecule is C=CCC(C)NCCCCc1cc(C(F)(F)F)ccc1C1=CC(=O)c2cccc(Cl)c2C1. The molecule has 3 rings (SSSR count). The fourth-order valence-electron chi connectivity index (χ4n) is 4.03. The van der Waals surface area contributed by atoms with Crippen LogP contribution < -0.4 is 5.32 Å². The lowest BCUT2D eigenvalue weighted by Crippen LogP contribution is -2.26. The predicted molar refractivity (Wildman–Crippen MR) is 124 cm³/mol. The number of rotatable bonds is 9. The van der Waals surface area contributed by atoms with Crippen molar-refractivity contribution in [2.45, 2.75) is 51.2 Å². The summed E-state index contributed by atoms with van der Waals surface area (Å²) in [7, 11) is 0. The summed E-state index contributed by atoms with van der Waals surface area (Å²) in [4.78, 5) is 12.6. The van der Waals surface area contributed by atoms with Crippen LogP contribution in [-0.2, 0) is 19.0 Å². The molecule has 0 fully saturated rings. The van der Waals surface area contributed by atoms with Gasteiger partial charge in [-0.15, -0.1) is 6.58 Å². The van der Waals surface area contributed by atoms with E-state index in [2.05, 4.69) is 18.8 Å². The third-order valence-corrected chi connectivity index (χ3v) is 6.08. The van der Waals surface area contributed by atoms with Crippen LogP contribution in [0.3, 0.4) is 0 Å². The van der Waals surface area contributed by atoms with E-state index in [4.69, 9.17) is 11.6 Å². The molecule has 0 aromatic heterocycles. The summed E-state index contributed by atoms with van der Waals surface area (Å²) in [6.07, 6.45) is 2.33. The molecule has 1 atom stereocenters. The fourth-order valence-corrected chi connectivity index (χ4v) is 4.27. The number of hydrogen-bond donors (Lipinski definition) is 1. The molecule has 1 N–H and O–H groups in total. The average Bonchev–Trinajstić information content (AvgIpc) is 2.73. The van der Waals surface area contributed by atoms with Crippen molar-refractivity contribution >= 4 is 23.0 Å². The second kappa shape index (κ2) is 10.5. The third-order valence-electron chi connectivity index (χ3n) is 5.72. The maximum atomic E-state index is 13.4. The molecule has 0 saturated heterocycles. The highest BCUT2D eigenvalue weighted by atomic mass is 35.5. The molecule has 0 spiro atoms. The van der Waals surface area contributed by atoms with Crippen molar-refractivity contribution in [1.82, 2.24) is 5.32 Å². The van der Waals surface area contributed by atoms with Gasteiger partial charge in [-0.1, -0.05) is 35.9 Å². The van der Waals surface area contributed by atoms with E-state index in [1.807, 2.05) is 6.08 Å². The number of aryl methyl sites for hydroxylation is 1. The zero-order valence-electron chi connectivity index (χ0n) is 18.1. The normalized spacial score (nSPS) is 14.7. The number of alkyl halides is 3. The molecule has 0 bridgehead atoms. The summed E-state index contributed by atoms with van der Waals surface area (Å²) in [5.74, 6) is -0.171.